The van der Waals surface area contributed by atoms with Crippen molar-refractivity contribution in [3.05, 3.63) is 58.6 Å². The van der Waals surface area contributed by atoms with Gasteiger partial charge in [0.15, 0.2) is 0 Å². The number of amides is 3. The van der Waals surface area contributed by atoms with E-state index in [1.54, 1.807) is 24.3 Å². The molecule has 8 heteroatoms. The normalized spacial score (nSPS) is 18.2. The molecule has 3 aliphatic rings. The largest absolute Gasteiger partial charge is 0.367 e. The van der Waals surface area contributed by atoms with E-state index < -0.39 is 0 Å². The van der Waals surface area contributed by atoms with Gasteiger partial charge in [0.1, 0.15) is 0 Å². The Hall–Kier alpha value is -3.06. The predicted molar refractivity (Wildman–Crippen MR) is 133 cm³/mol. The fourth-order valence-electron chi connectivity index (χ4n) is 4.67. The summed E-state index contributed by atoms with van der Waals surface area (Å²) in [6.45, 7) is 3.93. The molecule has 5 rings (SSSR count). The second kappa shape index (κ2) is 9.66. The van der Waals surface area contributed by atoms with E-state index in [0.29, 0.717) is 48.0 Å². The first-order valence-electron chi connectivity index (χ1n) is 12.0. The summed E-state index contributed by atoms with van der Waals surface area (Å²) >= 11 is 5.95. The number of rotatable bonds is 5. The van der Waals surface area contributed by atoms with E-state index in [4.69, 9.17) is 11.6 Å². The fraction of sp³-hybridized carbons (Fsp3) is 0.423. The fourth-order valence-corrected chi connectivity index (χ4v) is 4.79. The lowest BCUT2D eigenvalue weighted by Gasteiger charge is -2.37. The molecule has 0 aromatic heterocycles. The highest BCUT2D eigenvalue weighted by molar-refractivity contribution is 6.30. The Labute approximate surface area is 204 Å². The van der Waals surface area contributed by atoms with Gasteiger partial charge in [0.05, 0.1) is 5.56 Å². The van der Waals surface area contributed by atoms with E-state index in [9.17, 15) is 14.4 Å². The summed E-state index contributed by atoms with van der Waals surface area (Å²) in [5.74, 6) is 0.128. The maximum Gasteiger partial charge on any atom is 0.256 e. The number of likely N-dealkylation sites (tertiary alicyclic amines) is 1. The number of halogens is 1. The van der Waals surface area contributed by atoms with Gasteiger partial charge in [-0.15, -0.1) is 0 Å². The topological polar surface area (TPSA) is 73.0 Å². The molecule has 2 aromatic carbocycles. The first-order valence-corrected chi connectivity index (χ1v) is 12.4. The number of carbonyl (C=O) groups excluding carboxylic acids is 3. The number of nitrogens with one attached hydrogen (secondary N) is 1. The van der Waals surface area contributed by atoms with E-state index in [-0.39, 0.29) is 23.6 Å². The number of piperazine rings is 1. The van der Waals surface area contributed by atoms with Gasteiger partial charge in [0.2, 0.25) is 5.91 Å². The molecule has 1 N–H and O–H groups in total. The van der Waals surface area contributed by atoms with Gasteiger partial charge in [-0.3, -0.25) is 14.4 Å². The summed E-state index contributed by atoms with van der Waals surface area (Å²) < 4.78 is 0. The highest BCUT2D eigenvalue weighted by atomic mass is 35.5. The van der Waals surface area contributed by atoms with Crippen LogP contribution < -0.4 is 10.2 Å². The molecule has 1 saturated carbocycles. The van der Waals surface area contributed by atoms with Gasteiger partial charge in [-0.25, -0.2) is 0 Å². The van der Waals surface area contributed by atoms with Crippen molar-refractivity contribution in [2.24, 2.45) is 5.92 Å². The standard InChI is InChI=1S/C26H29ClN4O3/c27-20-7-5-19(6-8-20)25(33)31-15-13-29(14-16-31)23-10-9-21(28-24(32)18-3-4-18)17-22(23)26(34)30-11-1-2-12-30/h5-10,17-18H,1-4,11-16H2,(H,28,32). The van der Waals surface area contributed by atoms with Crippen molar-refractivity contribution in [3.8, 4) is 0 Å². The highest BCUT2D eigenvalue weighted by Gasteiger charge is 2.31. The summed E-state index contributed by atoms with van der Waals surface area (Å²) in [4.78, 5) is 44.4. The SMILES string of the molecule is O=C(Nc1ccc(N2CCN(C(=O)c3ccc(Cl)cc3)CC2)c(C(=O)N2CCCC2)c1)C1CC1. The van der Waals surface area contributed by atoms with Gasteiger partial charge in [0, 0.05) is 67.1 Å². The van der Waals surface area contributed by atoms with Crippen LogP contribution in [-0.2, 0) is 4.79 Å². The smallest absolute Gasteiger partial charge is 0.256 e. The maximum atomic E-state index is 13.4. The van der Waals surface area contributed by atoms with Crippen molar-refractivity contribution in [1.82, 2.24) is 9.80 Å². The van der Waals surface area contributed by atoms with Crippen LogP contribution in [0.2, 0.25) is 5.02 Å². The Balaban J connectivity index is 1.32. The summed E-state index contributed by atoms with van der Waals surface area (Å²) in [7, 11) is 0. The Morgan fingerprint density at radius 1 is 0.794 bits per heavy atom. The molecule has 0 unspecified atom stereocenters. The van der Waals surface area contributed by atoms with Gasteiger partial charge in [-0.05, 0) is 68.1 Å². The lowest BCUT2D eigenvalue weighted by molar-refractivity contribution is -0.117. The van der Waals surface area contributed by atoms with Gasteiger partial charge in [-0.2, -0.15) is 0 Å². The molecule has 3 amide bonds. The zero-order valence-corrected chi connectivity index (χ0v) is 19.9. The van der Waals surface area contributed by atoms with Crippen molar-refractivity contribution in [2.45, 2.75) is 25.7 Å². The first-order chi connectivity index (χ1) is 16.5. The predicted octanol–water partition coefficient (Wildman–Crippen LogP) is 3.89. The zero-order chi connectivity index (χ0) is 23.7. The molecule has 0 radical (unpaired) electrons. The first kappa shape index (κ1) is 22.7. The molecular weight excluding hydrogens is 452 g/mol. The van der Waals surface area contributed by atoms with Crippen LogP contribution in [0.3, 0.4) is 0 Å². The quantitative estimate of drug-likeness (QED) is 0.704. The van der Waals surface area contributed by atoms with Crippen molar-refractivity contribution in [2.75, 3.05) is 49.5 Å². The number of carbonyl (C=O) groups is 3. The van der Waals surface area contributed by atoms with E-state index in [1.165, 1.54) is 0 Å². The Bertz CT molecular complexity index is 1090. The average molecular weight is 481 g/mol. The Kier molecular flexibility index (Phi) is 6.46. The molecule has 2 aromatic rings. The molecule has 2 aliphatic heterocycles. The number of hydrogen-bond donors (Lipinski definition) is 1. The third-order valence-corrected chi connectivity index (χ3v) is 7.09. The summed E-state index contributed by atoms with van der Waals surface area (Å²) in [6.07, 6.45) is 3.90. The Morgan fingerprint density at radius 3 is 2.09 bits per heavy atom. The van der Waals surface area contributed by atoms with Crippen molar-refractivity contribution < 1.29 is 14.4 Å². The van der Waals surface area contributed by atoms with E-state index >= 15 is 0 Å². The van der Waals surface area contributed by atoms with Crippen molar-refractivity contribution in [3.63, 3.8) is 0 Å². The third kappa shape index (κ3) is 4.89. The van der Waals surface area contributed by atoms with Crippen LogP contribution in [0.15, 0.2) is 42.5 Å². The van der Waals surface area contributed by atoms with Gasteiger partial charge in [-0.1, -0.05) is 11.6 Å². The molecule has 3 fully saturated rings. The van der Waals surface area contributed by atoms with E-state index in [2.05, 4.69) is 10.2 Å². The van der Waals surface area contributed by atoms with Gasteiger partial charge >= 0.3 is 0 Å². The number of anilines is 2. The number of nitrogens with zero attached hydrogens (tertiary/aromatic N) is 3. The molecule has 34 heavy (non-hydrogen) atoms. The van der Waals surface area contributed by atoms with E-state index in [1.807, 2.05) is 28.0 Å². The molecule has 0 spiro atoms. The van der Waals surface area contributed by atoms with Crippen LogP contribution >= 0.6 is 11.6 Å². The number of benzene rings is 2. The summed E-state index contributed by atoms with van der Waals surface area (Å²) in [5, 5.41) is 3.58. The lowest BCUT2D eigenvalue weighted by atomic mass is 10.1. The summed E-state index contributed by atoms with van der Waals surface area (Å²) in [5.41, 5.74) is 2.77. The minimum absolute atomic E-state index is 0.00897. The molecule has 178 valence electrons. The second-order valence-electron chi connectivity index (χ2n) is 9.28. The second-order valence-corrected chi connectivity index (χ2v) is 9.72. The molecule has 7 nitrogen and oxygen atoms in total. The molecule has 2 heterocycles. The summed E-state index contributed by atoms with van der Waals surface area (Å²) in [6, 6.07) is 12.6. The number of hydrogen-bond acceptors (Lipinski definition) is 4. The molecule has 0 atom stereocenters. The average Bonchev–Trinajstić information content (AvgIpc) is 3.58. The molecule has 2 saturated heterocycles. The van der Waals surface area contributed by atoms with Crippen LogP contribution in [0, 0.1) is 5.92 Å². The van der Waals surface area contributed by atoms with Crippen molar-refractivity contribution >= 4 is 40.7 Å². The molecule has 0 bridgehead atoms. The highest BCUT2D eigenvalue weighted by Crippen LogP contribution is 2.32. The minimum Gasteiger partial charge on any atom is -0.367 e. The van der Waals surface area contributed by atoms with E-state index in [0.717, 1.165) is 44.5 Å². The maximum absolute atomic E-state index is 13.4. The molecular formula is C26H29ClN4O3. The minimum atomic E-state index is -0.0113. The van der Waals surface area contributed by atoms with Crippen LogP contribution in [0.5, 0.6) is 0 Å². The third-order valence-electron chi connectivity index (χ3n) is 6.83. The zero-order valence-electron chi connectivity index (χ0n) is 19.1. The van der Waals surface area contributed by atoms with Crippen LogP contribution in [-0.4, -0.2) is 66.8 Å². The molecule has 1 aliphatic carbocycles. The van der Waals surface area contributed by atoms with Crippen LogP contribution in [0.1, 0.15) is 46.4 Å². The van der Waals surface area contributed by atoms with Gasteiger partial charge < -0.3 is 20.0 Å². The van der Waals surface area contributed by atoms with Crippen LogP contribution in [0.25, 0.3) is 0 Å². The van der Waals surface area contributed by atoms with Crippen LogP contribution in [0.4, 0.5) is 11.4 Å². The van der Waals surface area contributed by atoms with Gasteiger partial charge in [0.25, 0.3) is 11.8 Å². The lowest BCUT2D eigenvalue weighted by Crippen LogP contribution is -2.49. The monoisotopic (exact) mass is 480 g/mol. The van der Waals surface area contributed by atoms with Crippen molar-refractivity contribution in [1.29, 1.82) is 0 Å². The Morgan fingerprint density at radius 2 is 1.44 bits per heavy atom.